The molecule has 2 amide bonds. The smallest absolute Gasteiger partial charge is 0.335 e. The SMILES string of the molecule is O=C(N/N=C/c1ccc(OCCOc2ccccc2)cc1)NC1CCCCC1. The predicted octanol–water partition coefficient (Wildman–Crippen LogP) is 4.11. The standard InChI is InChI=1S/C22H27N3O3/c26-22(24-19-7-3-1-4-8-19)25-23-17-18-11-13-21(14-12-18)28-16-15-27-20-9-5-2-6-10-20/h2,5-6,9-14,17,19H,1,3-4,7-8,15-16H2,(H2,24,25,26)/b23-17+. The summed E-state index contributed by atoms with van der Waals surface area (Å²) in [5.41, 5.74) is 3.40. The van der Waals surface area contributed by atoms with E-state index in [9.17, 15) is 4.79 Å². The Balaban J connectivity index is 1.34. The van der Waals surface area contributed by atoms with Crippen LogP contribution in [0.2, 0.25) is 0 Å². The van der Waals surface area contributed by atoms with E-state index in [1.54, 1.807) is 6.21 Å². The molecule has 2 aromatic rings. The molecular weight excluding hydrogens is 354 g/mol. The number of hydrogen-bond acceptors (Lipinski definition) is 4. The number of nitrogens with zero attached hydrogens (tertiary/aromatic N) is 1. The lowest BCUT2D eigenvalue weighted by atomic mass is 9.96. The molecule has 0 spiro atoms. The van der Waals surface area contributed by atoms with Gasteiger partial charge in [-0.3, -0.25) is 0 Å². The molecule has 148 valence electrons. The van der Waals surface area contributed by atoms with E-state index in [1.807, 2.05) is 54.6 Å². The van der Waals surface area contributed by atoms with E-state index in [1.165, 1.54) is 19.3 Å². The molecule has 6 heteroatoms. The molecular formula is C22H27N3O3. The van der Waals surface area contributed by atoms with Crippen LogP contribution in [0.25, 0.3) is 0 Å². The summed E-state index contributed by atoms with van der Waals surface area (Å²) in [6, 6.07) is 17.2. The second-order valence-corrected chi connectivity index (χ2v) is 6.76. The highest BCUT2D eigenvalue weighted by molar-refractivity contribution is 5.82. The summed E-state index contributed by atoms with van der Waals surface area (Å²) in [7, 11) is 0. The number of carbonyl (C=O) groups is 1. The normalized spacial score (nSPS) is 14.6. The summed E-state index contributed by atoms with van der Waals surface area (Å²) in [4.78, 5) is 11.8. The van der Waals surface area contributed by atoms with Crippen molar-refractivity contribution in [2.45, 2.75) is 38.1 Å². The molecule has 0 aromatic heterocycles. The number of nitrogens with one attached hydrogen (secondary N) is 2. The number of hydrogen-bond donors (Lipinski definition) is 2. The maximum Gasteiger partial charge on any atom is 0.335 e. The van der Waals surface area contributed by atoms with Gasteiger partial charge in [-0.15, -0.1) is 0 Å². The average molecular weight is 381 g/mol. The minimum atomic E-state index is -0.249. The largest absolute Gasteiger partial charge is 0.490 e. The molecule has 1 saturated carbocycles. The molecule has 0 saturated heterocycles. The molecule has 2 N–H and O–H groups in total. The lowest BCUT2D eigenvalue weighted by Gasteiger charge is -2.22. The van der Waals surface area contributed by atoms with Gasteiger partial charge in [-0.2, -0.15) is 5.10 Å². The van der Waals surface area contributed by atoms with E-state index in [0.29, 0.717) is 13.2 Å². The van der Waals surface area contributed by atoms with Gasteiger partial charge in [0.25, 0.3) is 0 Å². The zero-order valence-corrected chi connectivity index (χ0v) is 16.0. The minimum absolute atomic E-state index is 0.249. The zero-order valence-electron chi connectivity index (χ0n) is 16.0. The van der Waals surface area contributed by atoms with Crippen LogP contribution >= 0.6 is 0 Å². The Morgan fingerprint density at radius 3 is 2.25 bits per heavy atom. The Morgan fingerprint density at radius 2 is 1.57 bits per heavy atom. The maximum absolute atomic E-state index is 11.8. The molecule has 1 fully saturated rings. The van der Waals surface area contributed by atoms with Crippen LogP contribution in [-0.2, 0) is 0 Å². The molecule has 2 aromatic carbocycles. The van der Waals surface area contributed by atoms with Crippen LogP contribution in [0.1, 0.15) is 37.7 Å². The topological polar surface area (TPSA) is 72.0 Å². The summed E-state index contributed by atoms with van der Waals surface area (Å²) in [6.07, 6.45) is 7.34. The minimum Gasteiger partial charge on any atom is -0.490 e. The Kier molecular flexibility index (Phi) is 7.73. The van der Waals surface area contributed by atoms with E-state index >= 15 is 0 Å². The monoisotopic (exact) mass is 381 g/mol. The molecule has 0 unspecified atom stereocenters. The van der Waals surface area contributed by atoms with E-state index in [4.69, 9.17) is 9.47 Å². The van der Waals surface area contributed by atoms with E-state index in [2.05, 4.69) is 15.8 Å². The molecule has 6 nitrogen and oxygen atoms in total. The fourth-order valence-corrected chi connectivity index (χ4v) is 3.12. The molecule has 3 rings (SSSR count). The van der Waals surface area contributed by atoms with Gasteiger partial charge in [0.15, 0.2) is 0 Å². The number of amides is 2. The summed E-state index contributed by atoms with van der Waals surface area (Å²) in [6.45, 7) is 0.943. The van der Waals surface area contributed by atoms with Crippen molar-refractivity contribution in [1.29, 1.82) is 0 Å². The third-order valence-electron chi connectivity index (χ3n) is 4.56. The summed E-state index contributed by atoms with van der Waals surface area (Å²) in [5, 5.41) is 6.96. The molecule has 0 heterocycles. The van der Waals surface area contributed by atoms with Crippen LogP contribution in [0.4, 0.5) is 4.79 Å². The highest BCUT2D eigenvalue weighted by Gasteiger charge is 2.14. The first-order valence-electron chi connectivity index (χ1n) is 9.80. The summed E-state index contributed by atoms with van der Waals surface area (Å²) < 4.78 is 11.2. The van der Waals surface area contributed by atoms with Crippen molar-refractivity contribution in [3.63, 3.8) is 0 Å². The van der Waals surface area contributed by atoms with Gasteiger partial charge >= 0.3 is 6.03 Å². The predicted molar refractivity (Wildman–Crippen MR) is 110 cm³/mol. The number of benzene rings is 2. The van der Waals surface area contributed by atoms with Gasteiger partial charge in [-0.1, -0.05) is 37.5 Å². The van der Waals surface area contributed by atoms with Gasteiger partial charge in [-0.05, 0) is 54.8 Å². The van der Waals surface area contributed by atoms with Gasteiger partial charge in [-0.25, -0.2) is 10.2 Å². The van der Waals surface area contributed by atoms with E-state index < -0.39 is 0 Å². The Morgan fingerprint density at radius 1 is 0.929 bits per heavy atom. The van der Waals surface area contributed by atoms with Gasteiger partial charge in [0.1, 0.15) is 24.7 Å². The van der Waals surface area contributed by atoms with Gasteiger partial charge in [0.2, 0.25) is 0 Å². The molecule has 1 aliphatic carbocycles. The second-order valence-electron chi connectivity index (χ2n) is 6.76. The molecule has 0 bridgehead atoms. The molecule has 1 aliphatic rings. The number of hydrazone groups is 1. The van der Waals surface area contributed by atoms with Crippen molar-refractivity contribution in [2.75, 3.05) is 13.2 Å². The highest BCUT2D eigenvalue weighted by atomic mass is 16.5. The Hall–Kier alpha value is -3.02. The second kappa shape index (κ2) is 11.0. The number of para-hydroxylation sites is 1. The van der Waals surface area contributed by atoms with E-state index in [0.717, 1.165) is 29.9 Å². The lowest BCUT2D eigenvalue weighted by Crippen LogP contribution is -2.41. The van der Waals surface area contributed by atoms with Crippen molar-refractivity contribution < 1.29 is 14.3 Å². The van der Waals surface area contributed by atoms with Crippen LogP contribution in [0.5, 0.6) is 11.5 Å². The first-order chi connectivity index (χ1) is 13.8. The number of ether oxygens (including phenoxy) is 2. The highest BCUT2D eigenvalue weighted by Crippen LogP contribution is 2.17. The zero-order chi connectivity index (χ0) is 19.4. The van der Waals surface area contributed by atoms with Crippen molar-refractivity contribution in [3.05, 3.63) is 60.2 Å². The first kappa shape index (κ1) is 19.7. The average Bonchev–Trinajstić information content (AvgIpc) is 2.74. The molecule has 0 aliphatic heterocycles. The van der Waals surface area contributed by atoms with Crippen LogP contribution < -0.4 is 20.2 Å². The molecule has 0 atom stereocenters. The Labute approximate surface area is 165 Å². The van der Waals surface area contributed by atoms with Crippen LogP contribution in [0.15, 0.2) is 59.7 Å². The van der Waals surface area contributed by atoms with Gasteiger partial charge < -0.3 is 14.8 Å². The lowest BCUT2D eigenvalue weighted by molar-refractivity contribution is 0.217. The quantitative estimate of drug-likeness (QED) is 0.411. The number of rotatable bonds is 8. The van der Waals surface area contributed by atoms with Gasteiger partial charge in [0.05, 0.1) is 6.21 Å². The van der Waals surface area contributed by atoms with Crippen molar-refractivity contribution >= 4 is 12.2 Å². The van der Waals surface area contributed by atoms with Gasteiger partial charge in [0, 0.05) is 6.04 Å². The number of carbonyl (C=O) groups excluding carboxylic acids is 1. The van der Waals surface area contributed by atoms with Crippen molar-refractivity contribution in [3.8, 4) is 11.5 Å². The maximum atomic E-state index is 11.8. The summed E-state index contributed by atoms with van der Waals surface area (Å²) in [5.74, 6) is 1.59. The summed E-state index contributed by atoms with van der Waals surface area (Å²) >= 11 is 0. The first-order valence-corrected chi connectivity index (χ1v) is 9.80. The van der Waals surface area contributed by atoms with Crippen LogP contribution in [0.3, 0.4) is 0 Å². The third kappa shape index (κ3) is 6.95. The fourth-order valence-electron chi connectivity index (χ4n) is 3.12. The fraction of sp³-hybridized carbons (Fsp3) is 0.364. The third-order valence-corrected chi connectivity index (χ3v) is 4.56. The number of urea groups is 1. The van der Waals surface area contributed by atoms with Crippen LogP contribution in [-0.4, -0.2) is 31.5 Å². The van der Waals surface area contributed by atoms with Crippen molar-refractivity contribution in [2.24, 2.45) is 5.10 Å². The van der Waals surface area contributed by atoms with Crippen molar-refractivity contribution in [1.82, 2.24) is 10.7 Å². The molecule has 28 heavy (non-hydrogen) atoms. The van der Waals surface area contributed by atoms with Crippen LogP contribution in [0, 0.1) is 0 Å². The van der Waals surface area contributed by atoms with E-state index in [-0.39, 0.29) is 12.1 Å². The Bertz CT molecular complexity index is 741. The molecule has 0 radical (unpaired) electrons.